The Morgan fingerprint density at radius 2 is 2.04 bits per heavy atom. The second kappa shape index (κ2) is 7.25. The molecule has 1 N–H and O–H groups in total. The number of benzene rings is 1. The number of nitriles is 1. The molecule has 3 aromatic rings. The average molecular weight is 370 g/mol. The van der Waals surface area contributed by atoms with Crippen LogP contribution in [-0.2, 0) is 9.84 Å². The third-order valence-corrected chi connectivity index (χ3v) is 5.18. The first-order valence-electron chi connectivity index (χ1n) is 7.59. The molecule has 0 aliphatic rings. The monoisotopic (exact) mass is 370 g/mol. The first-order valence-corrected chi connectivity index (χ1v) is 9.24. The van der Waals surface area contributed by atoms with Gasteiger partial charge in [0.05, 0.1) is 23.1 Å². The summed E-state index contributed by atoms with van der Waals surface area (Å²) in [6, 6.07) is 9.78. The fourth-order valence-corrected chi connectivity index (χ4v) is 2.93. The molecule has 0 fully saturated rings. The van der Waals surface area contributed by atoms with Gasteiger partial charge in [-0.2, -0.15) is 10.2 Å². The number of aromatic nitrogens is 2. The van der Waals surface area contributed by atoms with E-state index in [2.05, 4.69) is 15.3 Å². The lowest BCUT2D eigenvalue weighted by Crippen LogP contribution is -2.04. The SMILES string of the molecule is CCS(=O)(=O)c1ccc(Nc2ncc(C#N)c(Oc3ccoc3)n2)cc1. The highest BCUT2D eigenvalue weighted by atomic mass is 32.2. The van der Waals surface area contributed by atoms with Crippen molar-refractivity contribution in [2.75, 3.05) is 11.1 Å². The van der Waals surface area contributed by atoms with Crippen LogP contribution in [0.25, 0.3) is 0 Å². The van der Waals surface area contributed by atoms with Crippen LogP contribution in [0, 0.1) is 11.3 Å². The van der Waals surface area contributed by atoms with E-state index in [1.807, 2.05) is 6.07 Å². The lowest BCUT2D eigenvalue weighted by molar-refractivity contribution is 0.448. The van der Waals surface area contributed by atoms with E-state index >= 15 is 0 Å². The Labute approximate surface area is 150 Å². The molecule has 0 unspecified atom stereocenters. The minimum Gasteiger partial charge on any atom is -0.469 e. The minimum absolute atomic E-state index is 0.0349. The summed E-state index contributed by atoms with van der Waals surface area (Å²) < 4.78 is 34.1. The Bertz CT molecular complexity index is 1040. The van der Waals surface area contributed by atoms with E-state index in [4.69, 9.17) is 14.4 Å². The van der Waals surface area contributed by atoms with Crippen LogP contribution in [0.5, 0.6) is 11.6 Å². The zero-order valence-electron chi connectivity index (χ0n) is 13.7. The van der Waals surface area contributed by atoms with Crippen molar-refractivity contribution in [3.05, 3.63) is 54.6 Å². The normalized spacial score (nSPS) is 10.9. The van der Waals surface area contributed by atoms with Crippen LogP contribution in [-0.4, -0.2) is 24.1 Å². The van der Waals surface area contributed by atoms with Crippen LogP contribution in [0.2, 0.25) is 0 Å². The number of hydrogen-bond acceptors (Lipinski definition) is 8. The van der Waals surface area contributed by atoms with Crippen LogP contribution in [0.15, 0.2) is 58.4 Å². The van der Waals surface area contributed by atoms with Crippen molar-refractivity contribution in [2.24, 2.45) is 0 Å². The Kier molecular flexibility index (Phi) is 4.86. The minimum atomic E-state index is -3.26. The number of nitrogens with one attached hydrogen (secondary N) is 1. The largest absolute Gasteiger partial charge is 0.469 e. The lowest BCUT2D eigenvalue weighted by atomic mass is 10.3. The molecule has 9 heteroatoms. The standard InChI is InChI=1S/C17H14N4O4S/c1-2-26(22,23)15-5-3-13(4-6-15)20-17-19-10-12(9-18)16(21-17)25-14-7-8-24-11-14/h3-8,10-11H,2H2,1H3,(H,19,20,21). The van der Waals surface area contributed by atoms with Crippen LogP contribution < -0.4 is 10.1 Å². The highest BCUT2D eigenvalue weighted by Crippen LogP contribution is 2.25. The van der Waals surface area contributed by atoms with Crippen molar-refractivity contribution in [1.29, 1.82) is 5.26 Å². The maximum absolute atomic E-state index is 11.8. The highest BCUT2D eigenvalue weighted by Gasteiger charge is 2.13. The molecule has 0 spiro atoms. The van der Waals surface area contributed by atoms with Gasteiger partial charge in [0.1, 0.15) is 17.9 Å². The third-order valence-electron chi connectivity index (χ3n) is 3.43. The summed E-state index contributed by atoms with van der Waals surface area (Å²) in [5.41, 5.74) is 0.764. The fourth-order valence-electron chi connectivity index (χ4n) is 2.04. The molecule has 8 nitrogen and oxygen atoms in total. The Morgan fingerprint density at radius 3 is 2.65 bits per heavy atom. The second-order valence-corrected chi connectivity index (χ2v) is 7.42. The van der Waals surface area contributed by atoms with Crippen LogP contribution in [0.3, 0.4) is 0 Å². The van der Waals surface area contributed by atoms with Gasteiger partial charge in [-0.1, -0.05) is 6.92 Å². The average Bonchev–Trinajstić information content (AvgIpc) is 3.15. The maximum atomic E-state index is 11.8. The summed E-state index contributed by atoms with van der Waals surface area (Å²) in [6.45, 7) is 1.59. The molecule has 132 valence electrons. The van der Waals surface area contributed by atoms with Crippen molar-refractivity contribution < 1.29 is 17.6 Å². The summed E-state index contributed by atoms with van der Waals surface area (Å²) in [7, 11) is -3.26. The maximum Gasteiger partial charge on any atom is 0.242 e. The number of ether oxygens (including phenoxy) is 1. The molecule has 0 saturated heterocycles. The predicted octanol–water partition coefficient (Wildman–Crippen LogP) is 3.27. The molecular weight excluding hydrogens is 356 g/mol. The van der Waals surface area contributed by atoms with E-state index < -0.39 is 9.84 Å². The van der Waals surface area contributed by atoms with Crippen LogP contribution in [0.1, 0.15) is 12.5 Å². The Balaban J connectivity index is 1.83. The van der Waals surface area contributed by atoms with Gasteiger partial charge in [0, 0.05) is 11.8 Å². The molecular formula is C17H14N4O4S. The van der Waals surface area contributed by atoms with E-state index in [9.17, 15) is 8.42 Å². The van der Waals surface area contributed by atoms with Crippen molar-refractivity contribution in [3.63, 3.8) is 0 Å². The number of nitrogens with zero attached hydrogens (tertiary/aromatic N) is 3. The molecule has 0 atom stereocenters. The molecule has 0 bridgehead atoms. The molecule has 26 heavy (non-hydrogen) atoms. The molecule has 1 aromatic carbocycles. The van der Waals surface area contributed by atoms with Gasteiger partial charge in [0.2, 0.25) is 11.8 Å². The number of sulfone groups is 1. The summed E-state index contributed by atoms with van der Waals surface area (Å²) in [6.07, 6.45) is 4.15. The van der Waals surface area contributed by atoms with Gasteiger partial charge >= 0.3 is 0 Å². The van der Waals surface area contributed by atoms with Crippen LogP contribution >= 0.6 is 0 Å². The Morgan fingerprint density at radius 1 is 1.27 bits per heavy atom. The third kappa shape index (κ3) is 3.81. The van der Waals surface area contributed by atoms with Crippen molar-refractivity contribution in [1.82, 2.24) is 9.97 Å². The molecule has 0 saturated carbocycles. The molecule has 0 aliphatic heterocycles. The van der Waals surface area contributed by atoms with Gasteiger partial charge in [0.15, 0.2) is 15.6 Å². The second-order valence-electron chi connectivity index (χ2n) is 5.14. The van der Waals surface area contributed by atoms with Crippen molar-refractivity contribution in [3.8, 4) is 17.7 Å². The molecule has 0 amide bonds. The van der Waals surface area contributed by atoms with Gasteiger partial charge in [-0.25, -0.2) is 13.4 Å². The number of rotatable bonds is 6. The van der Waals surface area contributed by atoms with E-state index in [-0.39, 0.29) is 28.0 Å². The summed E-state index contributed by atoms with van der Waals surface area (Å²) in [4.78, 5) is 8.48. The fraction of sp³-hybridized carbons (Fsp3) is 0.118. The van der Waals surface area contributed by atoms with Gasteiger partial charge in [0.25, 0.3) is 0 Å². The molecule has 2 aromatic heterocycles. The first-order chi connectivity index (χ1) is 12.5. The van der Waals surface area contributed by atoms with E-state index in [0.29, 0.717) is 11.4 Å². The summed E-state index contributed by atoms with van der Waals surface area (Å²) >= 11 is 0. The quantitative estimate of drug-likeness (QED) is 0.702. The molecule has 0 aliphatic carbocycles. The van der Waals surface area contributed by atoms with Gasteiger partial charge in [-0.05, 0) is 24.3 Å². The van der Waals surface area contributed by atoms with Gasteiger partial charge < -0.3 is 14.5 Å². The number of hydrogen-bond donors (Lipinski definition) is 1. The van der Waals surface area contributed by atoms with E-state index in [1.165, 1.54) is 30.9 Å². The van der Waals surface area contributed by atoms with E-state index in [1.54, 1.807) is 25.1 Å². The lowest BCUT2D eigenvalue weighted by Gasteiger charge is -2.08. The topological polar surface area (TPSA) is 118 Å². The predicted molar refractivity (Wildman–Crippen MR) is 93.0 cm³/mol. The number of furan rings is 1. The molecule has 0 radical (unpaired) electrons. The highest BCUT2D eigenvalue weighted by molar-refractivity contribution is 7.91. The van der Waals surface area contributed by atoms with Gasteiger partial charge in [-0.15, -0.1) is 0 Å². The smallest absolute Gasteiger partial charge is 0.242 e. The first kappa shape index (κ1) is 17.4. The number of anilines is 2. The van der Waals surface area contributed by atoms with E-state index in [0.717, 1.165) is 0 Å². The summed E-state index contributed by atoms with van der Waals surface area (Å²) in [5, 5.41) is 12.1. The Hall–Kier alpha value is -3.38. The zero-order valence-corrected chi connectivity index (χ0v) is 14.5. The molecule has 2 heterocycles. The zero-order chi connectivity index (χ0) is 18.6. The van der Waals surface area contributed by atoms with Crippen molar-refractivity contribution in [2.45, 2.75) is 11.8 Å². The summed E-state index contributed by atoms with van der Waals surface area (Å²) in [5.74, 6) is 0.721. The van der Waals surface area contributed by atoms with Crippen LogP contribution in [0.4, 0.5) is 11.6 Å². The van der Waals surface area contributed by atoms with Crippen molar-refractivity contribution >= 4 is 21.5 Å². The van der Waals surface area contributed by atoms with Gasteiger partial charge in [-0.3, -0.25) is 0 Å². The molecule has 3 rings (SSSR count).